The average molecular weight is 402 g/mol. The first kappa shape index (κ1) is 20.9. The van der Waals surface area contributed by atoms with Crippen molar-refractivity contribution in [3.8, 4) is 5.75 Å². The van der Waals surface area contributed by atoms with Crippen LogP contribution >= 0.6 is 0 Å². The summed E-state index contributed by atoms with van der Waals surface area (Å²) in [4.78, 5) is 0.230. The van der Waals surface area contributed by atoms with Gasteiger partial charge >= 0.3 is 0 Å². The van der Waals surface area contributed by atoms with Crippen LogP contribution in [0.5, 0.6) is 5.75 Å². The largest absolute Gasteiger partial charge is 0.495 e. The molecule has 4 nitrogen and oxygen atoms in total. The molecule has 3 rings (SSSR count). The summed E-state index contributed by atoms with van der Waals surface area (Å²) in [5.74, 6) is 0.420. The van der Waals surface area contributed by atoms with E-state index < -0.39 is 10.0 Å². The molecule has 0 bridgehead atoms. The lowest BCUT2D eigenvalue weighted by atomic mass is 9.86. The Morgan fingerprint density at radius 1 is 1.00 bits per heavy atom. The predicted molar refractivity (Wildman–Crippen MR) is 114 cm³/mol. The Morgan fingerprint density at radius 2 is 1.57 bits per heavy atom. The van der Waals surface area contributed by atoms with Crippen molar-refractivity contribution >= 4 is 10.0 Å². The number of fused-ring (bicyclic) bond motifs is 1. The Kier molecular flexibility index (Phi) is 5.87. The number of hydrogen-bond acceptors (Lipinski definition) is 3. The van der Waals surface area contributed by atoms with E-state index >= 15 is 0 Å². The van der Waals surface area contributed by atoms with Crippen molar-refractivity contribution in [2.75, 3.05) is 7.11 Å². The summed E-state index contributed by atoms with van der Waals surface area (Å²) < 4.78 is 34.5. The SMILES string of the molecule is COc1cc2c(cc1S(=O)(=O)N[C@@H](C)c1ccc(C(C)(C)C)cc1)CCCC2. The molecule has 2 aromatic rings. The predicted octanol–water partition coefficient (Wildman–Crippen LogP) is 4.91. The molecule has 0 spiro atoms. The van der Waals surface area contributed by atoms with E-state index in [2.05, 4.69) is 37.6 Å². The van der Waals surface area contributed by atoms with Crippen LogP contribution in [-0.2, 0) is 28.3 Å². The second kappa shape index (κ2) is 7.88. The van der Waals surface area contributed by atoms with Gasteiger partial charge in [-0.05, 0) is 72.4 Å². The normalized spacial score (nSPS) is 15.8. The second-order valence-corrected chi connectivity index (χ2v) is 10.4. The van der Waals surface area contributed by atoms with Crippen LogP contribution in [0.25, 0.3) is 0 Å². The smallest absolute Gasteiger partial charge is 0.244 e. The lowest BCUT2D eigenvalue weighted by Crippen LogP contribution is -2.27. The molecule has 1 aliphatic carbocycles. The lowest BCUT2D eigenvalue weighted by molar-refractivity contribution is 0.400. The molecule has 5 heteroatoms. The molecule has 0 aromatic heterocycles. The number of methoxy groups -OCH3 is 1. The van der Waals surface area contributed by atoms with Gasteiger partial charge in [0.25, 0.3) is 0 Å². The number of sulfonamides is 1. The molecular formula is C23H31NO3S. The van der Waals surface area contributed by atoms with Gasteiger partial charge in [-0.3, -0.25) is 0 Å². The van der Waals surface area contributed by atoms with Gasteiger partial charge in [-0.2, -0.15) is 0 Å². The maximum absolute atomic E-state index is 13.1. The zero-order valence-corrected chi connectivity index (χ0v) is 18.3. The minimum Gasteiger partial charge on any atom is -0.495 e. The molecule has 0 heterocycles. The number of ether oxygens (including phenoxy) is 1. The van der Waals surface area contributed by atoms with E-state index in [1.807, 2.05) is 25.1 Å². The van der Waals surface area contributed by atoms with Crippen LogP contribution in [0.2, 0.25) is 0 Å². The van der Waals surface area contributed by atoms with E-state index in [1.54, 1.807) is 6.07 Å². The van der Waals surface area contributed by atoms with Crippen molar-refractivity contribution in [1.29, 1.82) is 0 Å². The van der Waals surface area contributed by atoms with Gasteiger partial charge in [-0.15, -0.1) is 0 Å². The molecule has 0 saturated carbocycles. The first-order valence-electron chi connectivity index (χ1n) is 9.94. The molecule has 1 atom stereocenters. The van der Waals surface area contributed by atoms with Crippen LogP contribution in [0.1, 0.15) is 68.8 Å². The van der Waals surface area contributed by atoms with Crippen LogP contribution in [-0.4, -0.2) is 15.5 Å². The first-order valence-corrected chi connectivity index (χ1v) is 11.4. The van der Waals surface area contributed by atoms with Gasteiger partial charge in [0, 0.05) is 6.04 Å². The highest BCUT2D eigenvalue weighted by Gasteiger charge is 2.25. The minimum absolute atomic E-state index is 0.0672. The number of nitrogens with one attached hydrogen (secondary N) is 1. The lowest BCUT2D eigenvalue weighted by Gasteiger charge is -2.22. The van der Waals surface area contributed by atoms with E-state index in [4.69, 9.17) is 4.74 Å². The van der Waals surface area contributed by atoms with Gasteiger partial charge in [0.05, 0.1) is 7.11 Å². The summed E-state index contributed by atoms with van der Waals surface area (Å²) in [6.45, 7) is 8.36. The van der Waals surface area contributed by atoms with Crippen molar-refractivity contribution in [3.63, 3.8) is 0 Å². The van der Waals surface area contributed by atoms with E-state index in [9.17, 15) is 8.42 Å². The molecule has 28 heavy (non-hydrogen) atoms. The van der Waals surface area contributed by atoms with Gasteiger partial charge in [-0.1, -0.05) is 45.0 Å². The van der Waals surface area contributed by atoms with Crippen molar-refractivity contribution in [1.82, 2.24) is 4.72 Å². The summed E-state index contributed by atoms with van der Waals surface area (Å²) in [5, 5.41) is 0. The molecule has 0 aliphatic heterocycles. The van der Waals surface area contributed by atoms with Crippen LogP contribution in [0.4, 0.5) is 0 Å². The van der Waals surface area contributed by atoms with E-state index in [-0.39, 0.29) is 16.4 Å². The molecule has 152 valence electrons. The molecular weight excluding hydrogens is 370 g/mol. The molecule has 0 saturated heterocycles. The summed E-state index contributed by atoms with van der Waals surface area (Å²) in [7, 11) is -2.17. The van der Waals surface area contributed by atoms with Gasteiger partial charge < -0.3 is 4.74 Å². The first-order chi connectivity index (χ1) is 13.1. The van der Waals surface area contributed by atoms with Gasteiger partial charge in [0.1, 0.15) is 10.6 Å². The Hall–Kier alpha value is -1.85. The molecule has 0 unspecified atom stereocenters. The van der Waals surface area contributed by atoms with Crippen LogP contribution < -0.4 is 9.46 Å². The fourth-order valence-electron chi connectivity index (χ4n) is 3.75. The van der Waals surface area contributed by atoms with Crippen molar-refractivity contribution in [2.45, 2.75) is 69.7 Å². The maximum atomic E-state index is 13.1. The van der Waals surface area contributed by atoms with Gasteiger partial charge in [0.2, 0.25) is 10.0 Å². The third kappa shape index (κ3) is 4.41. The summed E-state index contributed by atoms with van der Waals surface area (Å²) >= 11 is 0. The summed E-state index contributed by atoms with van der Waals surface area (Å²) in [6, 6.07) is 11.5. The minimum atomic E-state index is -3.70. The van der Waals surface area contributed by atoms with E-state index in [1.165, 1.54) is 18.2 Å². The molecule has 0 amide bonds. The highest BCUT2D eigenvalue weighted by atomic mass is 32.2. The summed E-state index contributed by atoms with van der Waals surface area (Å²) in [5.41, 5.74) is 4.55. The summed E-state index contributed by atoms with van der Waals surface area (Å²) in [6.07, 6.45) is 4.15. The van der Waals surface area contributed by atoms with Crippen LogP contribution in [0, 0.1) is 0 Å². The highest BCUT2D eigenvalue weighted by Crippen LogP contribution is 2.33. The molecule has 0 fully saturated rings. The number of aryl methyl sites for hydroxylation is 2. The topological polar surface area (TPSA) is 55.4 Å². The monoisotopic (exact) mass is 401 g/mol. The van der Waals surface area contributed by atoms with Crippen molar-refractivity contribution in [3.05, 3.63) is 58.7 Å². The van der Waals surface area contributed by atoms with Gasteiger partial charge in [-0.25, -0.2) is 13.1 Å². The quantitative estimate of drug-likeness (QED) is 0.774. The Balaban J connectivity index is 1.87. The average Bonchev–Trinajstić information content (AvgIpc) is 2.66. The molecule has 2 aromatic carbocycles. The van der Waals surface area contributed by atoms with Crippen LogP contribution in [0.15, 0.2) is 41.3 Å². The molecule has 1 N–H and O–H groups in total. The second-order valence-electron chi connectivity index (χ2n) is 8.69. The standard InChI is InChI=1S/C23H31NO3S/c1-16(17-10-12-20(13-11-17)23(2,3)4)24-28(25,26)22-15-19-9-7-6-8-18(19)14-21(22)27-5/h10-16,24H,6-9H2,1-5H3/t16-/m0/s1. The fraction of sp³-hybridized carbons (Fsp3) is 0.478. The van der Waals surface area contributed by atoms with Gasteiger partial charge in [0.15, 0.2) is 0 Å². The third-order valence-electron chi connectivity index (χ3n) is 5.53. The Labute approximate surface area is 169 Å². The fourth-order valence-corrected chi connectivity index (χ4v) is 5.18. The number of rotatable bonds is 5. The zero-order chi connectivity index (χ0) is 20.5. The zero-order valence-electron chi connectivity index (χ0n) is 17.5. The van der Waals surface area contributed by atoms with Crippen LogP contribution in [0.3, 0.4) is 0 Å². The molecule has 1 aliphatic rings. The van der Waals surface area contributed by atoms with Crippen molar-refractivity contribution < 1.29 is 13.2 Å². The number of hydrogen-bond donors (Lipinski definition) is 1. The molecule has 0 radical (unpaired) electrons. The Morgan fingerprint density at radius 3 is 2.11 bits per heavy atom. The Bertz CT molecular complexity index is 941. The third-order valence-corrected chi connectivity index (χ3v) is 7.09. The maximum Gasteiger partial charge on any atom is 0.244 e. The number of benzene rings is 2. The van der Waals surface area contributed by atoms with Crippen molar-refractivity contribution in [2.24, 2.45) is 0 Å². The highest BCUT2D eigenvalue weighted by molar-refractivity contribution is 7.89. The van der Waals surface area contributed by atoms with E-state index in [0.29, 0.717) is 5.75 Å². The van der Waals surface area contributed by atoms with E-state index in [0.717, 1.165) is 36.8 Å².